The molecule has 0 spiro atoms. The molecule has 6 heteroatoms. The van der Waals surface area contributed by atoms with Gasteiger partial charge in [0.2, 0.25) is 6.10 Å². The van der Waals surface area contributed by atoms with Crippen LogP contribution in [0.1, 0.15) is 22.0 Å². The van der Waals surface area contributed by atoms with Crippen molar-refractivity contribution in [3.63, 3.8) is 0 Å². The molecule has 0 bridgehead atoms. The van der Waals surface area contributed by atoms with Crippen molar-refractivity contribution in [3.05, 3.63) is 64.7 Å². The SMILES string of the molecule is NC(=O)c1cc(Cl)ccc1O[C@@H](C(N)=O)c1ccccc1. The third-order valence-corrected chi connectivity index (χ3v) is 3.05. The first kappa shape index (κ1) is 14.9. The standard InChI is InChI=1S/C15H13ClN2O3/c16-10-6-7-12(11(8-10)14(17)19)21-13(15(18)20)9-4-2-1-3-5-9/h1-8,13H,(H2,17,19)(H2,18,20)/t13-/m1/s1. The van der Waals surface area contributed by atoms with Crippen molar-refractivity contribution in [2.75, 3.05) is 0 Å². The van der Waals surface area contributed by atoms with Gasteiger partial charge in [-0.2, -0.15) is 0 Å². The highest BCUT2D eigenvalue weighted by atomic mass is 35.5. The summed E-state index contributed by atoms with van der Waals surface area (Å²) in [6, 6.07) is 13.1. The summed E-state index contributed by atoms with van der Waals surface area (Å²) in [5.74, 6) is -1.23. The number of hydrogen-bond acceptors (Lipinski definition) is 3. The van der Waals surface area contributed by atoms with E-state index >= 15 is 0 Å². The van der Waals surface area contributed by atoms with Crippen LogP contribution in [0.3, 0.4) is 0 Å². The average molecular weight is 305 g/mol. The normalized spacial score (nSPS) is 11.7. The van der Waals surface area contributed by atoms with Crippen LogP contribution in [0.15, 0.2) is 48.5 Å². The monoisotopic (exact) mass is 304 g/mol. The molecule has 0 unspecified atom stereocenters. The highest BCUT2D eigenvalue weighted by molar-refractivity contribution is 6.31. The molecule has 4 N–H and O–H groups in total. The van der Waals surface area contributed by atoms with Crippen molar-refractivity contribution in [2.24, 2.45) is 11.5 Å². The van der Waals surface area contributed by atoms with Gasteiger partial charge in [0.15, 0.2) is 0 Å². The molecular formula is C15H13ClN2O3. The number of ether oxygens (including phenoxy) is 1. The molecule has 0 heterocycles. The topological polar surface area (TPSA) is 95.4 Å². The molecule has 0 saturated carbocycles. The number of carbonyl (C=O) groups excluding carboxylic acids is 2. The van der Waals surface area contributed by atoms with Gasteiger partial charge in [0.25, 0.3) is 11.8 Å². The van der Waals surface area contributed by atoms with E-state index < -0.39 is 17.9 Å². The number of rotatable bonds is 5. The number of halogens is 1. The quantitative estimate of drug-likeness (QED) is 0.884. The van der Waals surface area contributed by atoms with Crippen LogP contribution in [-0.2, 0) is 4.79 Å². The van der Waals surface area contributed by atoms with E-state index in [1.54, 1.807) is 30.3 Å². The van der Waals surface area contributed by atoms with Gasteiger partial charge in [-0.15, -0.1) is 0 Å². The third kappa shape index (κ3) is 3.52. The van der Waals surface area contributed by atoms with Crippen molar-refractivity contribution in [1.82, 2.24) is 0 Å². The molecule has 2 amide bonds. The highest BCUT2D eigenvalue weighted by Crippen LogP contribution is 2.27. The van der Waals surface area contributed by atoms with E-state index in [0.717, 1.165) is 0 Å². The Morgan fingerprint density at radius 3 is 2.29 bits per heavy atom. The van der Waals surface area contributed by atoms with Gasteiger partial charge in [-0.1, -0.05) is 41.9 Å². The van der Waals surface area contributed by atoms with Crippen molar-refractivity contribution in [3.8, 4) is 5.75 Å². The maximum Gasteiger partial charge on any atom is 0.263 e. The molecule has 21 heavy (non-hydrogen) atoms. The summed E-state index contributed by atoms with van der Waals surface area (Å²) >= 11 is 5.82. The number of benzene rings is 2. The largest absolute Gasteiger partial charge is 0.475 e. The minimum Gasteiger partial charge on any atom is -0.475 e. The zero-order chi connectivity index (χ0) is 15.4. The zero-order valence-corrected chi connectivity index (χ0v) is 11.7. The molecule has 2 aromatic carbocycles. The fourth-order valence-electron chi connectivity index (χ4n) is 1.84. The second-order valence-corrected chi connectivity index (χ2v) is 4.75. The Morgan fingerprint density at radius 2 is 1.71 bits per heavy atom. The second kappa shape index (κ2) is 6.28. The number of primary amides is 2. The molecule has 0 aromatic heterocycles. The van der Waals surface area contributed by atoms with Crippen molar-refractivity contribution >= 4 is 23.4 Å². The van der Waals surface area contributed by atoms with Gasteiger partial charge in [-0.25, -0.2) is 0 Å². The summed E-state index contributed by atoms with van der Waals surface area (Å²) < 4.78 is 5.58. The zero-order valence-electron chi connectivity index (χ0n) is 11.0. The molecular weight excluding hydrogens is 292 g/mol. The van der Waals surface area contributed by atoms with Crippen LogP contribution >= 0.6 is 11.6 Å². The Kier molecular flexibility index (Phi) is 4.45. The molecule has 108 valence electrons. The fraction of sp³-hybridized carbons (Fsp3) is 0.0667. The lowest BCUT2D eigenvalue weighted by molar-refractivity contribution is -0.125. The van der Waals surface area contributed by atoms with Crippen LogP contribution in [-0.4, -0.2) is 11.8 Å². The maximum atomic E-state index is 11.6. The van der Waals surface area contributed by atoms with Gasteiger partial charge in [-0.05, 0) is 18.2 Å². The first-order valence-electron chi connectivity index (χ1n) is 6.09. The molecule has 0 aliphatic rings. The average Bonchev–Trinajstić information content (AvgIpc) is 2.46. The van der Waals surface area contributed by atoms with E-state index in [9.17, 15) is 9.59 Å². The molecule has 1 atom stereocenters. The van der Waals surface area contributed by atoms with E-state index in [4.69, 9.17) is 27.8 Å². The summed E-state index contributed by atoms with van der Waals surface area (Å²) in [7, 11) is 0. The number of carbonyl (C=O) groups is 2. The van der Waals surface area contributed by atoms with Crippen LogP contribution < -0.4 is 16.2 Å². The summed E-state index contributed by atoms with van der Waals surface area (Å²) in [6.45, 7) is 0. The van der Waals surface area contributed by atoms with Crippen LogP contribution in [0.5, 0.6) is 5.75 Å². The third-order valence-electron chi connectivity index (χ3n) is 2.81. The molecule has 0 fully saturated rings. The summed E-state index contributed by atoms with van der Waals surface area (Å²) in [6.07, 6.45) is -1.02. The molecule has 0 radical (unpaired) electrons. The number of hydrogen-bond donors (Lipinski definition) is 2. The molecule has 0 aliphatic carbocycles. The van der Waals surface area contributed by atoms with E-state index in [1.807, 2.05) is 0 Å². The van der Waals surface area contributed by atoms with Gasteiger partial charge in [0.1, 0.15) is 5.75 Å². The summed E-state index contributed by atoms with van der Waals surface area (Å²) in [4.78, 5) is 23.0. The maximum absolute atomic E-state index is 11.6. The summed E-state index contributed by atoms with van der Waals surface area (Å²) in [5.41, 5.74) is 11.3. The first-order chi connectivity index (χ1) is 9.99. The number of nitrogens with two attached hydrogens (primary N) is 2. The van der Waals surface area contributed by atoms with Crippen LogP contribution in [0.2, 0.25) is 5.02 Å². The predicted octanol–water partition coefficient (Wildman–Crippen LogP) is 2.04. The van der Waals surface area contributed by atoms with Crippen LogP contribution in [0.4, 0.5) is 0 Å². The second-order valence-electron chi connectivity index (χ2n) is 4.32. The predicted molar refractivity (Wildman–Crippen MR) is 79.0 cm³/mol. The van der Waals surface area contributed by atoms with Gasteiger partial charge < -0.3 is 16.2 Å². The van der Waals surface area contributed by atoms with Crippen LogP contribution in [0.25, 0.3) is 0 Å². The van der Waals surface area contributed by atoms with Gasteiger partial charge >= 0.3 is 0 Å². The lowest BCUT2D eigenvalue weighted by Gasteiger charge is -2.18. The first-order valence-corrected chi connectivity index (χ1v) is 6.47. The molecule has 2 aromatic rings. The smallest absolute Gasteiger partial charge is 0.263 e. The summed E-state index contributed by atoms with van der Waals surface area (Å²) in [5, 5.41) is 0.339. The highest BCUT2D eigenvalue weighted by Gasteiger charge is 2.22. The van der Waals surface area contributed by atoms with Gasteiger partial charge in [-0.3, -0.25) is 9.59 Å². The molecule has 0 aliphatic heterocycles. The molecule has 2 rings (SSSR count). The Bertz CT molecular complexity index is 674. The van der Waals surface area contributed by atoms with Gasteiger partial charge in [0.05, 0.1) is 5.56 Å². The Morgan fingerprint density at radius 1 is 1.05 bits per heavy atom. The van der Waals surface area contributed by atoms with Gasteiger partial charge in [0, 0.05) is 10.6 Å². The molecule has 0 saturated heterocycles. The van der Waals surface area contributed by atoms with Crippen molar-refractivity contribution < 1.29 is 14.3 Å². The van der Waals surface area contributed by atoms with E-state index in [0.29, 0.717) is 10.6 Å². The van der Waals surface area contributed by atoms with E-state index in [2.05, 4.69) is 0 Å². The Hall–Kier alpha value is -2.53. The van der Waals surface area contributed by atoms with Crippen molar-refractivity contribution in [1.29, 1.82) is 0 Å². The Labute approximate surface area is 126 Å². The molecule has 5 nitrogen and oxygen atoms in total. The Balaban J connectivity index is 2.39. The van der Waals surface area contributed by atoms with E-state index in [-0.39, 0.29) is 11.3 Å². The lowest BCUT2D eigenvalue weighted by atomic mass is 10.1. The fourth-order valence-corrected chi connectivity index (χ4v) is 2.01. The van der Waals surface area contributed by atoms with Crippen LogP contribution in [0, 0.1) is 0 Å². The minimum absolute atomic E-state index is 0.0877. The van der Waals surface area contributed by atoms with E-state index in [1.165, 1.54) is 18.2 Å². The minimum atomic E-state index is -1.02. The van der Waals surface area contributed by atoms with Crippen molar-refractivity contribution in [2.45, 2.75) is 6.10 Å². The lowest BCUT2D eigenvalue weighted by Crippen LogP contribution is -2.27. The number of amides is 2.